The molecule has 0 spiro atoms. The molecule has 4 rings (SSSR count). The standard InChI is InChI=1S/C22H26F4N6O2/c1-5-30-11-15(10-27-30)12-31-14(2)28-32(20(31)33)18-9-16(8-17(19(18)23)22(24,25)26)29-6-7-34-21(3,4)13-29/h8-11H,5-7,12-13H2,1-4H3. The van der Waals surface area contributed by atoms with Crippen molar-refractivity contribution >= 4 is 5.69 Å². The Kier molecular flexibility index (Phi) is 6.05. The lowest BCUT2D eigenvalue weighted by Gasteiger charge is -2.39. The fourth-order valence-corrected chi connectivity index (χ4v) is 4.05. The lowest BCUT2D eigenvalue weighted by molar-refractivity contribution is -0.139. The molecule has 3 heterocycles. The highest BCUT2D eigenvalue weighted by Gasteiger charge is 2.38. The molecule has 0 aliphatic carbocycles. The molecule has 34 heavy (non-hydrogen) atoms. The van der Waals surface area contributed by atoms with Crippen molar-refractivity contribution in [1.29, 1.82) is 0 Å². The van der Waals surface area contributed by atoms with Gasteiger partial charge in [-0.2, -0.15) is 28.1 Å². The summed E-state index contributed by atoms with van der Waals surface area (Å²) in [5, 5.41) is 8.25. The number of nitrogens with zero attached hydrogens (tertiary/aromatic N) is 6. The van der Waals surface area contributed by atoms with E-state index in [4.69, 9.17) is 4.74 Å². The normalized spacial score (nSPS) is 16.3. The summed E-state index contributed by atoms with van der Waals surface area (Å²) in [4.78, 5) is 14.8. The molecule has 1 fully saturated rings. The van der Waals surface area contributed by atoms with Crippen molar-refractivity contribution in [2.75, 3.05) is 24.6 Å². The van der Waals surface area contributed by atoms with Crippen LogP contribution in [0.15, 0.2) is 29.3 Å². The van der Waals surface area contributed by atoms with Crippen LogP contribution in [0.4, 0.5) is 23.2 Å². The average molecular weight is 482 g/mol. The Bertz CT molecular complexity index is 1260. The molecule has 184 valence electrons. The first-order chi connectivity index (χ1) is 15.9. The first-order valence-electron chi connectivity index (χ1n) is 10.9. The Hall–Kier alpha value is -3.15. The third kappa shape index (κ3) is 4.59. The van der Waals surface area contributed by atoms with Gasteiger partial charge >= 0.3 is 11.9 Å². The van der Waals surface area contributed by atoms with Crippen molar-refractivity contribution in [3.8, 4) is 5.69 Å². The number of morpholine rings is 1. The van der Waals surface area contributed by atoms with Crippen LogP contribution in [0.25, 0.3) is 5.69 Å². The van der Waals surface area contributed by atoms with Crippen molar-refractivity contribution in [2.24, 2.45) is 0 Å². The molecule has 0 bridgehead atoms. The average Bonchev–Trinajstić information content (AvgIpc) is 3.32. The fraction of sp³-hybridized carbons (Fsp3) is 0.500. The highest BCUT2D eigenvalue weighted by molar-refractivity contribution is 5.57. The molecule has 2 aromatic heterocycles. The third-order valence-electron chi connectivity index (χ3n) is 5.76. The van der Waals surface area contributed by atoms with Gasteiger partial charge in [0, 0.05) is 37.1 Å². The largest absolute Gasteiger partial charge is 0.419 e. The minimum Gasteiger partial charge on any atom is -0.372 e. The molecule has 0 atom stereocenters. The number of hydrogen-bond acceptors (Lipinski definition) is 5. The summed E-state index contributed by atoms with van der Waals surface area (Å²) in [5.74, 6) is -1.31. The topological polar surface area (TPSA) is 70.1 Å². The molecule has 0 unspecified atom stereocenters. The first kappa shape index (κ1) is 24.0. The van der Waals surface area contributed by atoms with Gasteiger partial charge in [0.15, 0.2) is 5.82 Å². The van der Waals surface area contributed by atoms with Crippen molar-refractivity contribution in [3.05, 3.63) is 57.8 Å². The molecule has 1 aliphatic rings. The van der Waals surface area contributed by atoms with Crippen LogP contribution >= 0.6 is 0 Å². The predicted octanol–water partition coefficient (Wildman–Crippen LogP) is 3.38. The van der Waals surface area contributed by atoms with Crippen molar-refractivity contribution < 1.29 is 22.3 Å². The fourth-order valence-electron chi connectivity index (χ4n) is 4.05. The quantitative estimate of drug-likeness (QED) is 0.522. The van der Waals surface area contributed by atoms with Gasteiger partial charge in [-0.15, -0.1) is 0 Å². The zero-order valence-electron chi connectivity index (χ0n) is 19.4. The van der Waals surface area contributed by atoms with E-state index in [1.165, 1.54) is 10.6 Å². The lowest BCUT2D eigenvalue weighted by atomic mass is 10.1. The van der Waals surface area contributed by atoms with E-state index in [0.29, 0.717) is 36.5 Å². The zero-order chi connectivity index (χ0) is 24.8. The van der Waals surface area contributed by atoms with Crippen LogP contribution < -0.4 is 10.6 Å². The molecular weight excluding hydrogens is 456 g/mol. The number of alkyl halides is 3. The molecule has 8 nitrogen and oxygen atoms in total. The number of halogens is 4. The summed E-state index contributed by atoms with van der Waals surface area (Å²) in [6.45, 7) is 8.79. The number of anilines is 1. The van der Waals surface area contributed by atoms with Gasteiger partial charge in [0.2, 0.25) is 0 Å². The van der Waals surface area contributed by atoms with E-state index in [9.17, 15) is 18.0 Å². The predicted molar refractivity (Wildman–Crippen MR) is 117 cm³/mol. The number of benzene rings is 1. The molecule has 1 saturated heterocycles. The van der Waals surface area contributed by atoms with Crippen LogP contribution in [-0.2, 0) is 24.0 Å². The molecule has 12 heteroatoms. The molecule has 0 N–H and O–H groups in total. The van der Waals surface area contributed by atoms with E-state index in [0.717, 1.165) is 6.07 Å². The molecule has 0 amide bonds. The summed E-state index contributed by atoms with van der Waals surface area (Å²) in [7, 11) is 0. The summed E-state index contributed by atoms with van der Waals surface area (Å²) >= 11 is 0. The number of ether oxygens (including phenoxy) is 1. The SMILES string of the molecule is CCn1cc(Cn2c(C)nn(-c3cc(N4CCOC(C)(C)C4)cc(C(F)(F)F)c3F)c2=O)cn1. The molecule has 1 aliphatic heterocycles. The van der Waals surface area contributed by atoms with Gasteiger partial charge in [-0.3, -0.25) is 9.25 Å². The Morgan fingerprint density at radius 3 is 2.59 bits per heavy atom. The minimum atomic E-state index is -4.95. The van der Waals surface area contributed by atoms with Gasteiger partial charge in [0.05, 0.1) is 30.5 Å². The Morgan fingerprint density at radius 2 is 1.97 bits per heavy atom. The van der Waals surface area contributed by atoms with E-state index >= 15 is 4.39 Å². The molecule has 0 radical (unpaired) electrons. The second kappa shape index (κ2) is 8.57. The Labute approximate surface area is 193 Å². The van der Waals surface area contributed by atoms with Crippen LogP contribution in [0.1, 0.15) is 37.7 Å². The highest BCUT2D eigenvalue weighted by atomic mass is 19.4. The van der Waals surface area contributed by atoms with Gasteiger partial charge < -0.3 is 9.64 Å². The van der Waals surface area contributed by atoms with Crippen LogP contribution in [0.3, 0.4) is 0 Å². The van der Waals surface area contributed by atoms with Crippen molar-refractivity contribution in [1.82, 2.24) is 24.1 Å². The summed E-state index contributed by atoms with van der Waals surface area (Å²) < 4.78 is 65.7. The summed E-state index contributed by atoms with van der Waals surface area (Å²) in [5.41, 5.74) is -2.48. The maximum absolute atomic E-state index is 15.2. The number of hydrogen-bond donors (Lipinski definition) is 0. The maximum atomic E-state index is 15.2. The van der Waals surface area contributed by atoms with Gasteiger partial charge in [0.1, 0.15) is 11.5 Å². The van der Waals surface area contributed by atoms with E-state index in [1.807, 2.05) is 20.8 Å². The lowest BCUT2D eigenvalue weighted by Crippen LogP contribution is -2.48. The Balaban J connectivity index is 1.81. The van der Waals surface area contributed by atoms with Crippen molar-refractivity contribution in [2.45, 2.75) is 52.6 Å². The zero-order valence-corrected chi connectivity index (χ0v) is 19.4. The molecule has 1 aromatic carbocycles. The number of rotatable bonds is 5. The second-order valence-electron chi connectivity index (χ2n) is 8.89. The molecular formula is C22H26F4N6O2. The number of aryl methyl sites for hydroxylation is 2. The van der Waals surface area contributed by atoms with Gasteiger partial charge in [-0.1, -0.05) is 0 Å². The summed E-state index contributed by atoms with van der Waals surface area (Å²) in [6.07, 6.45) is -1.60. The minimum absolute atomic E-state index is 0.107. The Morgan fingerprint density at radius 1 is 1.24 bits per heavy atom. The van der Waals surface area contributed by atoms with Gasteiger partial charge in [-0.05, 0) is 39.8 Å². The van der Waals surface area contributed by atoms with Crippen LogP contribution in [0.5, 0.6) is 0 Å². The van der Waals surface area contributed by atoms with Crippen molar-refractivity contribution in [3.63, 3.8) is 0 Å². The number of aromatic nitrogens is 5. The highest BCUT2D eigenvalue weighted by Crippen LogP contribution is 2.37. The first-order valence-corrected chi connectivity index (χ1v) is 10.9. The second-order valence-corrected chi connectivity index (χ2v) is 8.89. The monoisotopic (exact) mass is 482 g/mol. The van der Waals surface area contributed by atoms with Gasteiger partial charge in [0.25, 0.3) is 0 Å². The van der Waals surface area contributed by atoms with E-state index in [-0.39, 0.29) is 18.1 Å². The van der Waals surface area contributed by atoms with E-state index < -0.39 is 34.5 Å². The molecule has 0 saturated carbocycles. The van der Waals surface area contributed by atoms with Crippen LogP contribution in [0.2, 0.25) is 0 Å². The van der Waals surface area contributed by atoms with Crippen LogP contribution in [0, 0.1) is 12.7 Å². The smallest absolute Gasteiger partial charge is 0.372 e. The van der Waals surface area contributed by atoms with Gasteiger partial charge in [-0.25, -0.2) is 9.18 Å². The third-order valence-corrected chi connectivity index (χ3v) is 5.76. The summed E-state index contributed by atoms with van der Waals surface area (Å²) in [6, 6.07) is 2.01. The van der Waals surface area contributed by atoms with E-state index in [2.05, 4.69) is 10.2 Å². The molecule has 3 aromatic rings. The van der Waals surface area contributed by atoms with E-state index in [1.54, 1.807) is 28.9 Å². The van der Waals surface area contributed by atoms with Crippen LogP contribution in [-0.4, -0.2) is 49.4 Å². The maximum Gasteiger partial charge on any atom is 0.419 e.